The average Bonchev–Trinajstić information content (AvgIpc) is 2.58. The Bertz CT molecular complexity index is 187. The molecule has 3 nitrogen and oxygen atoms in total. The third-order valence-electron chi connectivity index (χ3n) is 2.85. The van der Waals surface area contributed by atoms with E-state index in [0.717, 1.165) is 25.9 Å². The number of hydrogen-bond donors (Lipinski definition) is 2. The van der Waals surface area contributed by atoms with Gasteiger partial charge in [0.05, 0.1) is 0 Å². The molecule has 1 amide bonds. The van der Waals surface area contributed by atoms with Gasteiger partial charge in [-0.3, -0.25) is 4.79 Å². The average molecular weight is 168 g/mol. The number of amides is 1. The van der Waals surface area contributed by atoms with Gasteiger partial charge in [-0.25, -0.2) is 0 Å². The summed E-state index contributed by atoms with van der Waals surface area (Å²) in [5.74, 6) is 1.22. The highest BCUT2D eigenvalue weighted by Gasteiger charge is 2.39. The Morgan fingerprint density at radius 3 is 2.83 bits per heavy atom. The summed E-state index contributed by atoms with van der Waals surface area (Å²) in [6.07, 6.45) is 2.18. The van der Waals surface area contributed by atoms with Crippen molar-refractivity contribution in [2.75, 3.05) is 13.1 Å². The standard InChI is InChI=1S/C9H16N2O/c1-6-4-8(6)9(12)11-7-2-3-10-5-7/h6-8,10H,2-5H2,1H3,(H,11,12)/t6?,7-,8?/m1/s1. The predicted molar refractivity (Wildman–Crippen MR) is 46.7 cm³/mol. The first-order valence-electron chi connectivity index (χ1n) is 4.78. The molecular weight excluding hydrogens is 152 g/mol. The maximum atomic E-state index is 11.4. The molecule has 3 heteroatoms. The Morgan fingerprint density at radius 1 is 1.58 bits per heavy atom. The van der Waals surface area contributed by atoms with Crippen LogP contribution in [-0.4, -0.2) is 25.0 Å². The van der Waals surface area contributed by atoms with Gasteiger partial charge in [0.1, 0.15) is 0 Å². The molecule has 1 heterocycles. The molecule has 0 bridgehead atoms. The summed E-state index contributed by atoms with van der Waals surface area (Å²) < 4.78 is 0. The molecule has 1 aliphatic carbocycles. The van der Waals surface area contributed by atoms with Crippen LogP contribution in [0.3, 0.4) is 0 Å². The van der Waals surface area contributed by atoms with Gasteiger partial charge in [-0.2, -0.15) is 0 Å². The second-order valence-electron chi connectivity index (χ2n) is 4.02. The minimum Gasteiger partial charge on any atom is -0.352 e. The Kier molecular flexibility index (Phi) is 2.05. The van der Waals surface area contributed by atoms with Crippen molar-refractivity contribution in [2.24, 2.45) is 11.8 Å². The van der Waals surface area contributed by atoms with Gasteiger partial charge in [-0.1, -0.05) is 6.92 Å². The number of hydrogen-bond acceptors (Lipinski definition) is 2. The molecule has 3 atom stereocenters. The van der Waals surface area contributed by atoms with E-state index in [0.29, 0.717) is 17.9 Å². The Hall–Kier alpha value is -0.570. The van der Waals surface area contributed by atoms with E-state index in [9.17, 15) is 4.79 Å². The fourth-order valence-corrected chi connectivity index (χ4v) is 1.77. The summed E-state index contributed by atoms with van der Waals surface area (Å²) in [7, 11) is 0. The zero-order chi connectivity index (χ0) is 8.55. The summed E-state index contributed by atoms with van der Waals surface area (Å²) in [4.78, 5) is 11.4. The summed E-state index contributed by atoms with van der Waals surface area (Å²) in [5, 5.41) is 6.30. The molecule has 2 unspecified atom stereocenters. The summed E-state index contributed by atoms with van der Waals surface area (Å²) in [5.41, 5.74) is 0. The van der Waals surface area contributed by atoms with Crippen LogP contribution in [-0.2, 0) is 4.79 Å². The van der Waals surface area contributed by atoms with Crippen molar-refractivity contribution in [3.63, 3.8) is 0 Å². The first-order chi connectivity index (χ1) is 5.77. The maximum Gasteiger partial charge on any atom is 0.223 e. The van der Waals surface area contributed by atoms with Crippen LogP contribution in [0, 0.1) is 11.8 Å². The van der Waals surface area contributed by atoms with E-state index >= 15 is 0 Å². The molecule has 0 aromatic rings. The third-order valence-corrected chi connectivity index (χ3v) is 2.85. The van der Waals surface area contributed by atoms with E-state index in [1.54, 1.807) is 0 Å². The molecule has 1 aliphatic heterocycles. The van der Waals surface area contributed by atoms with Crippen LogP contribution < -0.4 is 10.6 Å². The van der Waals surface area contributed by atoms with E-state index < -0.39 is 0 Å². The van der Waals surface area contributed by atoms with Crippen molar-refractivity contribution in [1.29, 1.82) is 0 Å². The summed E-state index contributed by atoms with van der Waals surface area (Å²) >= 11 is 0. The normalized spacial score (nSPS) is 39.6. The SMILES string of the molecule is CC1CC1C(=O)N[C@@H]1CCNC1. The van der Waals surface area contributed by atoms with Crippen LogP contribution in [0.5, 0.6) is 0 Å². The molecular formula is C9H16N2O. The van der Waals surface area contributed by atoms with Crippen molar-refractivity contribution >= 4 is 5.91 Å². The molecule has 0 radical (unpaired) electrons. The van der Waals surface area contributed by atoms with Gasteiger partial charge in [0.15, 0.2) is 0 Å². The fraction of sp³-hybridized carbons (Fsp3) is 0.889. The largest absolute Gasteiger partial charge is 0.352 e. The monoisotopic (exact) mass is 168 g/mol. The molecule has 2 N–H and O–H groups in total. The zero-order valence-electron chi connectivity index (χ0n) is 7.47. The maximum absolute atomic E-state index is 11.4. The Labute approximate surface area is 72.9 Å². The molecule has 2 rings (SSSR count). The van der Waals surface area contributed by atoms with Crippen molar-refractivity contribution in [1.82, 2.24) is 10.6 Å². The summed E-state index contributed by atoms with van der Waals surface area (Å²) in [6, 6.07) is 0.394. The first-order valence-corrected chi connectivity index (χ1v) is 4.78. The molecule has 1 saturated heterocycles. The van der Waals surface area contributed by atoms with Crippen LogP contribution >= 0.6 is 0 Å². The van der Waals surface area contributed by atoms with E-state index in [4.69, 9.17) is 0 Å². The minimum absolute atomic E-state index is 0.274. The third kappa shape index (κ3) is 1.61. The zero-order valence-corrected chi connectivity index (χ0v) is 7.47. The lowest BCUT2D eigenvalue weighted by atomic mass is 10.2. The second kappa shape index (κ2) is 3.05. The molecule has 12 heavy (non-hydrogen) atoms. The Morgan fingerprint density at radius 2 is 2.33 bits per heavy atom. The Balaban J connectivity index is 1.75. The van der Waals surface area contributed by atoms with Crippen LogP contribution in [0.4, 0.5) is 0 Å². The van der Waals surface area contributed by atoms with Gasteiger partial charge in [-0.15, -0.1) is 0 Å². The number of rotatable bonds is 2. The highest BCUT2D eigenvalue weighted by Crippen LogP contribution is 2.37. The van der Waals surface area contributed by atoms with Crippen LogP contribution in [0.25, 0.3) is 0 Å². The molecule has 68 valence electrons. The van der Waals surface area contributed by atoms with Crippen molar-refractivity contribution in [3.8, 4) is 0 Å². The van der Waals surface area contributed by atoms with Gasteiger partial charge < -0.3 is 10.6 Å². The lowest BCUT2D eigenvalue weighted by Crippen LogP contribution is -2.37. The number of carbonyl (C=O) groups is 1. The predicted octanol–water partition coefficient (Wildman–Crippen LogP) is 0.120. The second-order valence-corrected chi connectivity index (χ2v) is 4.02. The van der Waals surface area contributed by atoms with E-state index in [2.05, 4.69) is 17.6 Å². The van der Waals surface area contributed by atoms with E-state index in [-0.39, 0.29) is 5.91 Å². The van der Waals surface area contributed by atoms with Crippen LogP contribution in [0.15, 0.2) is 0 Å². The van der Waals surface area contributed by atoms with Crippen LogP contribution in [0.1, 0.15) is 19.8 Å². The molecule has 0 aromatic heterocycles. The lowest BCUT2D eigenvalue weighted by Gasteiger charge is -2.10. The molecule has 0 aromatic carbocycles. The van der Waals surface area contributed by atoms with Gasteiger partial charge in [0, 0.05) is 18.5 Å². The smallest absolute Gasteiger partial charge is 0.223 e. The summed E-state index contributed by atoms with van der Waals surface area (Å²) in [6.45, 7) is 4.13. The van der Waals surface area contributed by atoms with E-state index in [1.807, 2.05) is 0 Å². The first kappa shape index (κ1) is 8.05. The van der Waals surface area contributed by atoms with E-state index in [1.165, 1.54) is 0 Å². The molecule has 2 fully saturated rings. The number of carbonyl (C=O) groups excluding carboxylic acids is 1. The highest BCUT2D eigenvalue weighted by molar-refractivity contribution is 5.81. The van der Waals surface area contributed by atoms with Crippen molar-refractivity contribution in [3.05, 3.63) is 0 Å². The quantitative estimate of drug-likeness (QED) is 0.615. The van der Waals surface area contributed by atoms with Crippen molar-refractivity contribution < 1.29 is 4.79 Å². The van der Waals surface area contributed by atoms with Gasteiger partial charge in [0.2, 0.25) is 5.91 Å². The topological polar surface area (TPSA) is 41.1 Å². The number of nitrogens with one attached hydrogen (secondary N) is 2. The highest BCUT2D eigenvalue weighted by atomic mass is 16.2. The van der Waals surface area contributed by atoms with Gasteiger partial charge in [0.25, 0.3) is 0 Å². The van der Waals surface area contributed by atoms with Gasteiger partial charge >= 0.3 is 0 Å². The lowest BCUT2D eigenvalue weighted by molar-refractivity contribution is -0.123. The molecule has 2 aliphatic rings. The minimum atomic E-state index is 0.274. The van der Waals surface area contributed by atoms with Crippen LogP contribution in [0.2, 0.25) is 0 Å². The van der Waals surface area contributed by atoms with Gasteiger partial charge in [-0.05, 0) is 25.3 Å². The molecule has 1 saturated carbocycles. The fourth-order valence-electron chi connectivity index (χ4n) is 1.77. The molecule has 0 spiro atoms. The van der Waals surface area contributed by atoms with Crippen molar-refractivity contribution in [2.45, 2.75) is 25.8 Å².